The van der Waals surface area contributed by atoms with Crippen LogP contribution in [0.3, 0.4) is 0 Å². The monoisotopic (exact) mass is 418 g/mol. The summed E-state index contributed by atoms with van der Waals surface area (Å²) in [6.45, 7) is 3.53. The Morgan fingerprint density at radius 2 is 2.07 bits per heavy atom. The molecular weight excluding hydrogens is 396 g/mol. The molecule has 0 fully saturated rings. The van der Waals surface area contributed by atoms with Crippen molar-refractivity contribution < 1.29 is 23.9 Å². The van der Waals surface area contributed by atoms with E-state index in [0.29, 0.717) is 16.5 Å². The minimum absolute atomic E-state index is 0.187. The number of amides is 1. The fraction of sp³-hybridized carbons (Fsp3) is 0.400. The summed E-state index contributed by atoms with van der Waals surface area (Å²) in [7, 11) is 0. The predicted octanol–water partition coefficient (Wildman–Crippen LogP) is 2.53. The lowest BCUT2D eigenvalue weighted by Crippen LogP contribution is -2.25. The summed E-state index contributed by atoms with van der Waals surface area (Å²) in [6, 6.07) is 2.80. The Bertz CT molecular complexity index is 993. The van der Waals surface area contributed by atoms with Crippen molar-refractivity contribution in [1.29, 1.82) is 0 Å². The van der Waals surface area contributed by atoms with Crippen molar-refractivity contribution in [2.75, 3.05) is 18.5 Å². The van der Waals surface area contributed by atoms with Crippen molar-refractivity contribution in [3.05, 3.63) is 50.3 Å². The van der Waals surface area contributed by atoms with Crippen LogP contribution < -0.4 is 10.9 Å². The number of aromatic amines is 1. The fourth-order valence-electron chi connectivity index (χ4n) is 3.21. The average Bonchev–Trinajstić information content (AvgIpc) is 3.03. The van der Waals surface area contributed by atoms with Crippen LogP contribution in [0.5, 0.6) is 0 Å². The second-order valence-electron chi connectivity index (χ2n) is 6.81. The molecule has 0 bridgehead atoms. The third-order valence-electron chi connectivity index (χ3n) is 4.62. The van der Waals surface area contributed by atoms with Crippen LogP contribution in [0, 0.1) is 5.92 Å². The van der Waals surface area contributed by atoms with Crippen molar-refractivity contribution in [2.24, 2.45) is 5.92 Å². The number of H-pyrrole nitrogens is 1. The molecule has 2 aromatic rings. The van der Waals surface area contributed by atoms with Gasteiger partial charge in [-0.3, -0.25) is 9.59 Å². The van der Waals surface area contributed by atoms with Gasteiger partial charge in [0.25, 0.3) is 11.5 Å². The molecule has 0 spiro atoms. The van der Waals surface area contributed by atoms with E-state index in [1.807, 2.05) is 0 Å². The molecule has 3 rings (SSSR count). The van der Waals surface area contributed by atoms with Gasteiger partial charge in [0.1, 0.15) is 10.6 Å². The molecule has 0 aliphatic heterocycles. The first-order chi connectivity index (χ1) is 13.9. The van der Waals surface area contributed by atoms with E-state index < -0.39 is 30.0 Å². The van der Waals surface area contributed by atoms with Crippen molar-refractivity contribution in [1.82, 2.24) is 4.98 Å². The summed E-state index contributed by atoms with van der Waals surface area (Å²) in [5.74, 6) is -1.46. The van der Waals surface area contributed by atoms with Gasteiger partial charge in [0.15, 0.2) is 6.61 Å². The standard InChI is InChI=1S/C20H22N2O6S/c1-3-27-20(26)16-12-7-6-11(2)9-14(12)29-18(16)22-15(23)10-28-19(25)13-5-4-8-21-17(13)24/h4-5,8,11H,3,6-7,9-10H2,1-2H3,(H,21,24)(H,22,23). The van der Waals surface area contributed by atoms with Crippen LogP contribution in [-0.2, 0) is 27.1 Å². The average molecular weight is 418 g/mol. The molecule has 0 saturated carbocycles. The summed E-state index contributed by atoms with van der Waals surface area (Å²) in [4.78, 5) is 51.8. The first kappa shape index (κ1) is 20.8. The number of hydrogen-bond donors (Lipinski definition) is 2. The molecule has 29 heavy (non-hydrogen) atoms. The van der Waals surface area contributed by atoms with Crippen LogP contribution in [0.25, 0.3) is 0 Å². The number of ether oxygens (including phenoxy) is 2. The number of aromatic nitrogens is 1. The highest BCUT2D eigenvalue weighted by Crippen LogP contribution is 2.40. The smallest absolute Gasteiger partial charge is 0.344 e. The van der Waals surface area contributed by atoms with Gasteiger partial charge in [0.05, 0.1) is 12.2 Å². The number of rotatable bonds is 6. The maximum atomic E-state index is 12.5. The Kier molecular flexibility index (Phi) is 6.48. The summed E-state index contributed by atoms with van der Waals surface area (Å²) < 4.78 is 10.1. The second-order valence-corrected chi connectivity index (χ2v) is 7.92. The normalized spacial score (nSPS) is 15.3. The van der Waals surface area contributed by atoms with Gasteiger partial charge < -0.3 is 19.8 Å². The molecule has 0 saturated heterocycles. The molecule has 2 heterocycles. The zero-order valence-electron chi connectivity index (χ0n) is 16.2. The number of carbonyl (C=O) groups excluding carboxylic acids is 3. The third-order valence-corrected chi connectivity index (χ3v) is 5.79. The Morgan fingerprint density at radius 3 is 2.79 bits per heavy atom. The summed E-state index contributed by atoms with van der Waals surface area (Å²) >= 11 is 1.35. The predicted molar refractivity (Wildman–Crippen MR) is 107 cm³/mol. The molecule has 154 valence electrons. The van der Waals surface area contributed by atoms with E-state index in [9.17, 15) is 19.2 Å². The second kappa shape index (κ2) is 9.04. The topological polar surface area (TPSA) is 115 Å². The van der Waals surface area contributed by atoms with Crippen molar-refractivity contribution in [3.63, 3.8) is 0 Å². The maximum Gasteiger partial charge on any atom is 0.344 e. The minimum atomic E-state index is -0.896. The van der Waals surface area contributed by atoms with Gasteiger partial charge in [-0.2, -0.15) is 0 Å². The summed E-state index contributed by atoms with van der Waals surface area (Å²) in [6.07, 6.45) is 3.95. The van der Waals surface area contributed by atoms with Crippen molar-refractivity contribution >= 4 is 34.2 Å². The highest BCUT2D eigenvalue weighted by Gasteiger charge is 2.29. The van der Waals surface area contributed by atoms with Crippen molar-refractivity contribution in [2.45, 2.75) is 33.1 Å². The van der Waals surface area contributed by atoms with E-state index in [1.165, 1.54) is 29.7 Å². The van der Waals surface area contributed by atoms with Gasteiger partial charge in [-0.25, -0.2) is 9.59 Å². The number of carbonyl (C=O) groups is 3. The van der Waals surface area contributed by atoms with E-state index >= 15 is 0 Å². The molecule has 1 aliphatic carbocycles. The molecule has 2 aromatic heterocycles. The molecule has 0 radical (unpaired) electrons. The van der Waals surface area contributed by atoms with Gasteiger partial charge in [-0.05, 0) is 49.8 Å². The molecule has 8 nitrogen and oxygen atoms in total. The van der Waals surface area contributed by atoms with E-state index in [1.54, 1.807) is 6.92 Å². The van der Waals surface area contributed by atoms with Crippen LogP contribution in [0.2, 0.25) is 0 Å². The zero-order valence-corrected chi connectivity index (χ0v) is 17.0. The summed E-state index contributed by atoms with van der Waals surface area (Å²) in [5.41, 5.74) is 0.531. The van der Waals surface area contributed by atoms with E-state index in [0.717, 1.165) is 29.7 Å². The van der Waals surface area contributed by atoms with Gasteiger partial charge in [0, 0.05) is 11.1 Å². The molecule has 9 heteroatoms. The fourth-order valence-corrected chi connectivity index (χ4v) is 4.63. The minimum Gasteiger partial charge on any atom is -0.462 e. The number of fused-ring (bicyclic) bond motifs is 1. The number of anilines is 1. The van der Waals surface area contributed by atoms with Crippen molar-refractivity contribution in [3.8, 4) is 0 Å². The number of thiophene rings is 1. The Labute approximate surface area is 171 Å². The van der Waals surface area contributed by atoms with E-state index in [4.69, 9.17) is 9.47 Å². The highest BCUT2D eigenvalue weighted by molar-refractivity contribution is 7.17. The van der Waals surface area contributed by atoms with Crippen LogP contribution in [-0.4, -0.2) is 36.0 Å². The lowest BCUT2D eigenvalue weighted by Gasteiger charge is -2.18. The first-order valence-electron chi connectivity index (χ1n) is 9.37. The molecule has 1 aliphatic rings. The Hall–Kier alpha value is -2.94. The zero-order chi connectivity index (χ0) is 21.0. The van der Waals surface area contributed by atoms with Crippen LogP contribution in [0.1, 0.15) is 51.4 Å². The molecule has 1 atom stereocenters. The Balaban J connectivity index is 1.73. The lowest BCUT2D eigenvalue weighted by atomic mass is 9.88. The van der Waals surface area contributed by atoms with Gasteiger partial charge in [0.2, 0.25) is 0 Å². The number of nitrogens with one attached hydrogen (secondary N) is 2. The van der Waals surface area contributed by atoms with Crippen LogP contribution in [0.15, 0.2) is 23.1 Å². The number of pyridine rings is 1. The quantitative estimate of drug-likeness (QED) is 0.697. The lowest BCUT2D eigenvalue weighted by molar-refractivity contribution is -0.119. The van der Waals surface area contributed by atoms with Crippen LogP contribution >= 0.6 is 11.3 Å². The largest absolute Gasteiger partial charge is 0.462 e. The van der Waals surface area contributed by atoms with E-state index in [2.05, 4.69) is 17.2 Å². The van der Waals surface area contributed by atoms with Gasteiger partial charge in [-0.1, -0.05) is 6.92 Å². The first-order valence-corrected chi connectivity index (χ1v) is 10.2. The number of esters is 2. The molecule has 1 unspecified atom stereocenters. The van der Waals surface area contributed by atoms with Gasteiger partial charge >= 0.3 is 11.9 Å². The highest BCUT2D eigenvalue weighted by atomic mass is 32.1. The van der Waals surface area contributed by atoms with Crippen LogP contribution in [0.4, 0.5) is 5.00 Å². The van der Waals surface area contributed by atoms with E-state index in [-0.39, 0.29) is 12.2 Å². The molecule has 0 aromatic carbocycles. The SMILES string of the molecule is CCOC(=O)c1c(NC(=O)COC(=O)c2ccc[nH]c2=O)sc2c1CCC(C)C2. The summed E-state index contributed by atoms with van der Waals surface area (Å²) in [5, 5.41) is 3.06. The third kappa shape index (κ3) is 4.73. The molecular formula is C20H22N2O6S. The maximum absolute atomic E-state index is 12.5. The van der Waals surface area contributed by atoms with Gasteiger partial charge in [-0.15, -0.1) is 11.3 Å². The number of hydrogen-bond acceptors (Lipinski definition) is 7. The Morgan fingerprint density at radius 1 is 1.28 bits per heavy atom. The molecule has 1 amide bonds. The molecule has 2 N–H and O–H groups in total.